The summed E-state index contributed by atoms with van der Waals surface area (Å²) in [6.45, 7) is 14.8. The molecule has 0 N–H and O–H groups in total. The van der Waals surface area contributed by atoms with Crippen molar-refractivity contribution >= 4 is 11.9 Å². The second-order valence-electron chi connectivity index (χ2n) is 10.6. The molecule has 0 aromatic carbocycles. The Balaban J connectivity index is 2.11. The van der Waals surface area contributed by atoms with Crippen LogP contribution in [-0.4, -0.2) is 25.2 Å². The quantitative estimate of drug-likeness (QED) is 0.179. The van der Waals surface area contributed by atoms with E-state index in [1.54, 1.807) is 0 Å². The molecule has 0 amide bonds. The molecule has 0 aliphatic heterocycles. The molecule has 0 spiro atoms. The third-order valence-corrected chi connectivity index (χ3v) is 8.22. The number of carbonyl (C=O) groups is 2. The number of rotatable bonds is 16. The van der Waals surface area contributed by atoms with Gasteiger partial charge < -0.3 is 9.47 Å². The minimum absolute atomic E-state index is 0.0415. The zero-order valence-corrected chi connectivity index (χ0v) is 22.0. The van der Waals surface area contributed by atoms with Crippen molar-refractivity contribution in [1.82, 2.24) is 0 Å². The van der Waals surface area contributed by atoms with Crippen molar-refractivity contribution in [2.45, 2.75) is 119 Å². The molecular formula is C28H52O4. The molecular weight excluding hydrogens is 400 g/mol. The van der Waals surface area contributed by atoms with E-state index < -0.39 is 0 Å². The lowest BCUT2D eigenvalue weighted by Gasteiger charge is -2.26. The van der Waals surface area contributed by atoms with Crippen molar-refractivity contribution in [3.63, 3.8) is 0 Å². The van der Waals surface area contributed by atoms with Gasteiger partial charge in [-0.05, 0) is 75.0 Å². The van der Waals surface area contributed by atoms with Crippen LogP contribution < -0.4 is 0 Å². The van der Waals surface area contributed by atoms with Crippen molar-refractivity contribution in [1.29, 1.82) is 0 Å². The third-order valence-electron chi connectivity index (χ3n) is 8.22. The second kappa shape index (κ2) is 16.5. The summed E-state index contributed by atoms with van der Waals surface area (Å²) in [5, 5.41) is 0. The van der Waals surface area contributed by atoms with E-state index in [4.69, 9.17) is 9.47 Å². The summed E-state index contributed by atoms with van der Waals surface area (Å²) in [5.41, 5.74) is 0. The first-order chi connectivity index (χ1) is 15.3. The van der Waals surface area contributed by atoms with E-state index in [-0.39, 0.29) is 23.8 Å². The van der Waals surface area contributed by atoms with E-state index in [0.29, 0.717) is 13.2 Å². The highest BCUT2D eigenvalue weighted by Gasteiger charge is 2.31. The predicted octanol–water partition coefficient (Wildman–Crippen LogP) is 7.58. The summed E-state index contributed by atoms with van der Waals surface area (Å²) in [6.07, 6.45) is 12.0. The summed E-state index contributed by atoms with van der Waals surface area (Å²) >= 11 is 0. The molecule has 1 fully saturated rings. The molecule has 0 bridgehead atoms. The molecule has 1 rings (SSSR count). The zero-order valence-electron chi connectivity index (χ0n) is 22.0. The van der Waals surface area contributed by atoms with Gasteiger partial charge >= 0.3 is 11.9 Å². The Morgan fingerprint density at radius 3 is 1.28 bits per heavy atom. The zero-order chi connectivity index (χ0) is 23.9. The van der Waals surface area contributed by atoms with Gasteiger partial charge in [0, 0.05) is 0 Å². The first-order valence-electron chi connectivity index (χ1n) is 13.6. The van der Waals surface area contributed by atoms with E-state index in [1.165, 1.54) is 25.7 Å². The fourth-order valence-corrected chi connectivity index (χ4v) is 4.66. The van der Waals surface area contributed by atoms with Gasteiger partial charge in [0.1, 0.15) is 0 Å². The molecule has 32 heavy (non-hydrogen) atoms. The van der Waals surface area contributed by atoms with Crippen LogP contribution in [0.5, 0.6) is 0 Å². The molecule has 0 aromatic rings. The van der Waals surface area contributed by atoms with Gasteiger partial charge in [-0.15, -0.1) is 0 Å². The van der Waals surface area contributed by atoms with Gasteiger partial charge in [-0.25, -0.2) is 0 Å². The maximum Gasteiger partial charge on any atom is 0.308 e. The van der Waals surface area contributed by atoms with Crippen LogP contribution in [0, 0.1) is 35.5 Å². The van der Waals surface area contributed by atoms with Crippen molar-refractivity contribution in [3.05, 3.63) is 0 Å². The SMILES string of the molecule is CCC(C)C(C)CCCCOC(=O)C1CCC(C(=O)OCCCCC(C)C(C)CC)CC1. The Morgan fingerprint density at radius 1 is 0.625 bits per heavy atom. The lowest BCUT2D eigenvalue weighted by Crippen LogP contribution is -2.28. The Hall–Kier alpha value is -1.06. The lowest BCUT2D eigenvalue weighted by atomic mass is 9.82. The van der Waals surface area contributed by atoms with Crippen LogP contribution in [0.15, 0.2) is 0 Å². The Kier molecular flexibility index (Phi) is 15.0. The van der Waals surface area contributed by atoms with E-state index in [1.807, 2.05) is 0 Å². The van der Waals surface area contributed by atoms with Gasteiger partial charge in [-0.1, -0.05) is 67.2 Å². The van der Waals surface area contributed by atoms with Crippen molar-refractivity contribution in [3.8, 4) is 0 Å². The molecule has 0 radical (unpaired) electrons. The molecule has 188 valence electrons. The molecule has 4 atom stereocenters. The van der Waals surface area contributed by atoms with Crippen LogP contribution in [0.25, 0.3) is 0 Å². The van der Waals surface area contributed by atoms with E-state index >= 15 is 0 Å². The normalized spacial score (nSPS) is 22.6. The van der Waals surface area contributed by atoms with Gasteiger partial charge in [0.15, 0.2) is 0 Å². The maximum atomic E-state index is 12.4. The van der Waals surface area contributed by atoms with Crippen molar-refractivity contribution < 1.29 is 19.1 Å². The Labute approximate surface area is 198 Å². The predicted molar refractivity (Wildman–Crippen MR) is 132 cm³/mol. The smallest absolute Gasteiger partial charge is 0.308 e. The summed E-state index contributed by atoms with van der Waals surface area (Å²) < 4.78 is 11.1. The van der Waals surface area contributed by atoms with Crippen LogP contribution in [0.4, 0.5) is 0 Å². The Morgan fingerprint density at radius 2 is 0.969 bits per heavy atom. The largest absolute Gasteiger partial charge is 0.465 e. The Bertz CT molecular complexity index is 464. The van der Waals surface area contributed by atoms with Crippen molar-refractivity contribution in [2.75, 3.05) is 13.2 Å². The monoisotopic (exact) mass is 452 g/mol. The fraction of sp³-hybridized carbons (Fsp3) is 0.929. The summed E-state index contributed by atoms with van der Waals surface area (Å²) in [6, 6.07) is 0. The molecule has 1 saturated carbocycles. The fourth-order valence-electron chi connectivity index (χ4n) is 4.66. The van der Waals surface area contributed by atoms with Crippen LogP contribution in [0.3, 0.4) is 0 Å². The first kappa shape index (κ1) is 29.0. The molecule has 0 heterocycles. The van der Waals surface area contributed by atoms with E-state index in [0.717, 1.165) is 75.0 Å². The molecule has 4 heteroatoms. The highest BCUT2D eigenvalue weighted by molar-refractivity contribution is 5.75. The maximum absolute atomic E-state index is 12.4. The number of carbonyl (C=O) groups excluding carboxylic acids is 2. The average molecular weight is 453 g/mol. The first-order valence-corrected chi connectivity index (χ1v) is 13.6. The van der Waals surface area contributed by atoms with Crippen LogP contribution in [0.2, 0.25) is 0 Å². The van der Waals surface area contributed by atoms with Crippen LogP contribution in [-0.2, 0) is 19.1 Å². The third kappa shape index (κ3) is 11.2. The van der Waals surface area contributed by atoms with Gasteiger partial charge in [-0.3, -0.25) is 9.59 Å². The van der Waals surface area contributed by atoms with Crippen LogP contribution in [0.1, 0.15) is 119 Å². The minimum Gasteiger partial charge on any atom is -0.465 e. The van der Waals surface area contributed by atoms with E-state index in [9.17, 15) is 9.59 Å². The summed E-state index contributed by atoms with van der Waals surface area (Å²) in [7, 11) is 0. The topological polar surface area (TPSA) is 52.6 Å². The van der Waals surface area contributed by atoms with Gasteiger partial charge in [0.05, 0.1) is 25.0 Å². The number of esters is 2. The highest BCUT2D eigenvalue weighted by Crippen LogP contribution is 2.31. The summed E-state index contributed by atoms with van der Waals surface area (Å²) in [5.74, 6) is 2.78. The molecule has 4 nitrogen and oxygen atoms in total. The molecule has 4 unspecified atom stereocenters. The van der Waals surface area contributed by atoms with E-state index in [2.05, 4.69) is 41.5 Å². The van der Waals surface area contributed by atoms with Gasteiger partial charge in [-0.2, -0.15) is 0 Å². The average Bonchev–Trinajstić information content (AvgIpc) is 2.81. The highest BCUT2D eigenvalue weighted by atomic mass is 16.5. The number of ether oxygens (including phenoxy) is 2. The number of hydrogen-bond acceptors (Lipinski definition) is 4. The van der Waals surface area contributed by atoms with Crippen molar-refractivity contribution in [2.24, 2.45) is 35.5 Å². The minimum atomic E-state index is -0.0674. The molecule has 0 saturated heterocycles. The molecule has 1 aliphatic carbocycles. The lowest BCUT2D eigenvalue weighted by molar-refractivity contribution is -0.155. The number of hydrogen-bond donors (Lipinski definition) is 0. The van der Waals surface area contributed by atoms with Gasteiger partial charge in [0.25, 0.3) is 0 Å². The molecule has 0 aromatic heterocycles. The van der Waals surface area contributed by atoms with Gasteiger partial charge in [0.2, 0.25) is 0 Å². The van der Waals surface area contributed by atoms with Crippen LogP contribution >= 0.6 is 0 Å². The molecule has 1 aliphatic rings. The summed E-state index contributed by atoms with van der Waals surface area (Å²) in [4.78, 5) is 24.7. The standard InChI is InChI=1S/C28H52O4/c1-7-21(3)23(5)13-9-11-19-31-27(29)25-15-17-26(18-16-25)28(30)32-20-12-10-14-24(6)22(4)8-2/h21-26H,7-20H2,1-6H3. The second-order valence-corrected chi connectivity index (χ2v) is 10.6. The number of unbranched alkanes of at least 4 members (excludes halogenated alkanes) is 2.